The molecule has 1 aromatic heterocycles. The van der Waals surface area contributed by atoms with Gasteiger partial charge in [-0.05, 0) is 43.9 Å². The van der Waals surface area contributed by atoms with Gasteiger partial charge in [-0.2, -0.15) is 0 Å². The Balaban J connectivity index is 1.55. The van der Waals surface area contributed by atoms with Crippen molar-refractivity contribution in [1.29, 1.82) is 0 Å². The van der Waals surface area contributed by atoms with Crippen LogP contribution in [0.2, 0.25) is 0 Å². The molecule has 1 fully saturated rings. The van der Waals surface area contributed by atoms with Gasteiger partial charge in [0, 0.05) is 18.9 Å². The molecule has 3 rings (SSSR count). The summed E-state index contributed by atoms with van der Waals surface area (Å²) in [4.78, 5) is 17.1. The van der Waals surface area contributed by atoms with Crippen LogP contribution in [-0.2, 0) is 11.2 Å². The second-order valence-electron chi connectivity index (χ2n) is 7.19. The highest BCUT2D eigenvalue weighted by Crippen LogP contribution is 2.38. The number of thiazole rings is 1. The quantitative estimate of drug-likeness (QED) is 0.840. The number of para-hydroxylation sites is 1. The van der Waals surface area contributed by atoms with Gasteiger partial charge in [-0.25, -0.2) is 4.98 Å². The molecule has 1 heterocycles. The molecule has 3 N–H and O–H groups in total. The number of carbonyl (C=O) groups excluding carboxylic acids is 1. The molecule has 0 aliphatic heterocycles. The Hall–Kier alpha value is -1.46. The fourth-order valence-corrected chi connectivity index (χ4v) is 4.84. The van der Waals surface area contributed by atoms with Crippen LogP contribution in [0, 0.1) is 5.41 Å². The van der Waals surface area contributed by atoms with E-state index in [0.29, 0.717) is 13.0 Å². The van der Waals surface area contributed by atoms with Crippen LogP contribution in [0.4, 0.5) is 0 Å². The molecule has 1 aliphatic rings. The summed E-state index contributed by atoms with van der Waals surface area (Å²) in [6.45, 7) is 2.67. The molecule has 0 bridgehead atoms. The van der Waals surface area contributed by atoms with Gasteiger partial charge in [0.2, 0.25) is 5.91 Å². The van der Waals surface area contributed by atoms with E-state index in [1.54, 1.807) is 11.3 Å². The van der Waals surface area contributed by atoms with Gasteiger partial charge in [0.25, 0.3) is 0 Å². The third-order valence-corrected chi connectivity index (χ3v) is 6.17. The first kappa shape index (κ1) is 17.4. The Morgan fingerprint density at radius 2 is 2.08 bits per heavy atom. The number of nitrogens with zero attached hydrogens (tertiary/aromatic N) is 1. The number of fused-ring (bicyclic) bond motifs is 1. The minimum atomic E-state index is 0.0257. The topological polar surface area (TPSA) is 68.0 Å². The average Bonchev–Trinajstić information content (AvgIpc) is 2.97. The van der Waals surface area contributed by atoms with E-state index in [1.165, 1.54) is 24.0 Å². The highest BCUT2D eigenvalue weighted by molar-refractivity contribution is 7.18. The number of nitrogens with two attached hydrogens (primary N) is 1. The summed E-state index contributed by atoms with van der Waals surface area (Å²) in [5.74, 6) is 0.135. The molecule has 0 spiro atoms. The van der Waals surface area contributed by atoms with E-state index in [0.717, 1.165) is 29.8 Å². The highest BCUT2D eigenvalue weighted by Gasteiger charge is 2.33. The maximum atomic E-state index is 12.5. The van der Waals surface area contributed by atoms with Crippen molar-refractivity contribution in [3.05, 3.63) is 29.3 Å². The molecule has 1 amide bonds. The zero-order valence-electron chi connectivity index (χ0n) is 14.4. The Bertz CT molecular complexity index is 658. The zero-order chi connectivity index (χ0) is 17.0. The minimum absolute atomic E-state index is 0.0257. The van der Waals surface area contributed by atoms with Crippen molar-refractivity contribution in [3.63, 3.8) is 0 Å². The molecule has 1 saturated carbocycles. The lowest BCUT2D eigenvalue weighted by Gasteiger charge is -2.36. The van der Waals surface area contributed by atoms with Gasteiger partial charge in [-0.1, -0.05) is 31.4 Å². The van der Waals surface area contributed by atoms with Crippen LogP contribution in [0.5, 0.6) is 0 Å². The summed E-state index contributed by atoms with van der Waals surface area (Å²) in [6, 6.07) is 8.26. The number of hydrogen-bond acceptors (Lipinski definition) is 4. The summed E-state index contributed by atoms with van der Waals surface area (Å²) in [5.41, 5.74) is 7.06. The van der Waals surface area contributed by atoms with E-state index in [-0.39, 0.29) is 17.4 Å². The Morgan fingerprint density at radius 3 is 2.79 bits per heavy atom. The number of carbonyl (C=O) groups is 1. The van der Waals surface area contributed by atoms with Crippen molar-refractivity contribution < 1.29 is 4.79 Å². The molecule has 0 saturated heterocycles. The van der Waals surface area contributed by atoms with Crippen LogP contribution < -0.4 is 11.1 Å². The standard InChI is InChI=1S/C19H27N3OS/c1-14(11-18-22-15-7-3-4-8-16(15)24-18)21-17(23)12-19(13-20)9-5-2-6-10-19/h3-4,7-8,14H,2,5-6,9-13,20H2,1H3,(H,21,23). The molecule has 4 nitrogen and oxygen atoms in total. The van der Waals surface area contributed by atoms with E-state index in [9.17, 15) is 4.79 Å². The maximum Gasteiger partial charge on any atom is 0.220 e. The fraction of sp³-hybridized carbons (Fsp3) is 0.579. The lowest BCUT2D eigenvalue weighted by Crippen LogP contribution is -2.41. The number of rotatable bonds is 6. The smallest absolute Gasteiger partial charge is 0.220 e. The van der Waals surface area contributed by atoms with Crippen LogP contribution >= 0.6 is 11.3 Å². The van der Waals surface area contributed by atoms with E-state index in [4.69, 9.17) is 5.73 Å². The molecule has 1 unspecified atom stereocenters. The fourth-order valence-electron chi connectivity index (χ4n) is 3.74. The predicted molar refractivity (Wildman–Crippen MR) is 100 cm³/mol. The first-order chi connectivity index (χ1) is 11.6. The summed E-state index contributed by atoms with van der Waals surface area (Å²) in [7, 11) is 0. The molecule has 1 aliphatic carbocycles. The van der Waals surface area contributed by atoms with Gasteiger partial charge in [-0.15, -0.1) is 11.3 Å². The number of aromatic nitrogens is 1. The summed E-state index contributed by atoms with van der Waals surface area (Å²) >= 11 is 1.71. The van der Waals surface area contributed by atoms with Gasteiger partial charge in [-0.3, -0.25) is 4.79 Å². The van der Waals surface area contributed by atoms with Crippen molar-refractivity contribution in [2.75, 3.05) is 6.54 Å². The Labute approximate surface area is 147 Å². The molecule has 1 aromatic carbocycles. The van der Waals surface area contributed by atoms with E-state index >= 15 is 0 Å². The van der Waals surface area contributed by atoms with Gasteiger partial charge in [0.05, 0.1) is 15.2 Å². The maximum absolute atomic E-state index is 12.5. The summed E-state index contributed by atoms with van der Waals surface area (Å²) in [6.07, 6.45) is 7.19. The highest BCUT2D eigenvalue weighted by atomic mass is 32.1. The zero-order valence-corrected chi connectivity index (χ0v) is 15.2. The average molecular weight is 346 g/mol. The van der Waals surface area contributed by atoms with Gasteiger partial charge in [0.15, 0.2) is 0 Å². The second kappa shape index (κ2) is 7.62. The largest absolute Gasteiger partial charge is 0.353 e. The van der Waals surface area contributed by atoms with Gasteiger partial charge < -0.3 is 11.1 Å². The van der Waals surface area contributed by atoms with E-state index in [2.05, 4.69) is 23.3 Å². The second-order valence-corrected chi connectivity index (χ2v) is 8.30. The monoisotopic (exact) mass is 345 g/mol. The van der Waals surface area contributed by atoms with Crippen molar-refractivity contribution in [2.24, 2.45) is 11.1 Å². The molecule has 5 heteroatoms. The SMILES string of the molecule is CC(Cc1nc2ccccc2s1)NC(=O)CC1(CN)CCCCC1. The van der Waals surface area contributed by atoms with E-state index < -0.39 is 0 Å². The van der Waals surface area contributed by atoms with Crippen LogP contribution in [0.25, 0.3) is 10.2 Å². The molecular weight excluding hydrogens is 318 g/mol. The van der Waals surface area contributed by atoms with Crippen molar-refractivity contribution in [1.82, 2.24) is 10.3 Å². The Morgan fingerprint density at radius 1 is 1.33 bits per heavy atom. The summed E-state index contributed by atoms with van der Waals surface area (Å²) in [5, 5.41) is 4.23. The molecule has 130 valence electrons. The number of hydrogen-bond donors (Lipinski definition) is 2. The first-order valence-corrected chi connectivity index (χ1v) is 9.76. The van der Waals surface area contributed by atoms with Crippen molar-refractivity contribution >= 4 is 27.5 Å². The molecule has 24 heavy (non-hydrogen) atoms. The molecule has 0 radical (unpaired) electrons. The third-order valence-electron chi connectivity index (χ3n) is 5.11. The first-order valence-electron chi connectivity index (χ1n) is 8.94. The minimum Gasteiger partial charge on any atom is -0.353 e. The van der Waals surface area contributed by atoms with Crippen molar-refractivity contribution in [3.8, 4) is 0 Å². The normalized spacial score (nSPS) is 18.4. The lowest BCUT2D eigenvalue weighted by molar-refractivity contribution is -0.124. The summed E-state index contributed by atoms with van der Waals surface area (Å²) < 4.78 is 1.20. The third kappa shape index (κ3) is 4.14. The van der Waals surface area contributed by atoms with Gasteiger partial charge in [0.1, 0.15) is 0 Å². The van der Waals surface area contributed by atoms with Crippen LogP contribution in [0.3, 0.4) is 0 Å². The Kier molecular flexibility index (Phi) is 5.51. The number of benzene rings is 1. The number of amides is 1. The molecule has 1 atom stereocenters. The van der Waals surface area contributed by atoms with Crippen LogP contribution in [0.1, 0.15) is 50.5 Å². The van der Waals surface area contributed by atoms with Crippen molar-refractivity contribution in [2.45, 2.75) is 57.9 Å². The van der Waals surface area contributed by atoms with Gasteiger partial charge >= 0.3 is 0 Å². The van der Waals surface area contributed by atoms with Crippen LogP contribution in [0.15, 0.2) is 24.3 Å². The molecular formula is C19H27N3OS. The molecule has 2 aromatic rings. The predicted octanol–water partition coefficient (Wildman–Crippen LogP) is 3.64. The lowest BCUT2D eigenvalue weighted by atomic mass is 9.71. The number of nitrogens with one attached hydrogen (secondary N) is 1. The van der Waals surface area contributed by atoms with Crippen LogP contribution in [-0.4, -0.2) is 23.5 Å². The van der Waals surface area contributed by atoms with E-state index in [1.807, 2.05) is 18.2 Å².